The topological polar surface area (TPSA) is 111 Å². The highest BCUT2D eigenvalue weighted by Crippen LogP contribution is 2.42. The number of hydrogen-bond acceptors (Lipinski definition) is 8. The Kier molecular flexibility index (Phi) is 7.64. The second-order valence-corrected chi connectivity index (χ2v) is 10.7. The number of phenols is 2. The number of ether oxygens (including phenoxy) is 1. The number of aromatic hydroxyl groups is 2. The molecule has 0 saturated carbocycles. The molecular formula is C36H31N5O3. The van der Waals surface area contributed by atoms with Crippen LogP contribution < -0.4 is 10.1 Å². The van der Waals surface area contributed by atoms with E-state index in [0.29, 0.717) is 33.9 Å². The van der Waals surface area contributed by atoms with E-state index in [1.807, 2.05) is 106 Å². The average Bonchev–Trinajstić information content (AvgIpc) is 3.00. The highest BCUT2D eigenvalue weighted by Gasteiger charge is 2.13. The zero-order valence-corrected chi connectivity index (χ0v) is 24.8. The summed E-state index contributed by atoms with van der Waals surface area (Å²) in [5.41, 5.74) is 6.67. The molecule has 0 aliphatic rings. The molecule has 6 aromatic carbocycles. The Bertz CT molecular complexity index is 2090. The number of nitrogens with zero attached hydrogens (tertiary/aromatic N) is 4. The minimum atomic E-state index is 0.0648. The van der Waals surface area contributed by atoms with Crippen molar-refractivity contribution in [2.75, 3.05) is 12.4 Å². The molecule has 0 amide bonds. The van der Waals surface area contributed by atoms with Crippen molar-refractivity contribution in [2.24, 2.45) is 20.5 Å². The molecule has 3 N–H and O–H groups in total. The van der Waals surface area contributed by atoms with Gasteiger partial charge >= 0.3 is 0 Å². The molecule has 6 rings (SSSR count). The first-order valence-corrected chi connectivity index (χ1v) is 14.1. The van der Waals surface area contributed by atoms with E-state index in [-0.39, 0.29) is 11.5 Å². The van der Waals surface area contributed by atoms with Crippen molar-refractivity contribution in [3.8, 4) is 17.2 Å². The van der Waals surface area contributed by atoms with Gasteiger partial charge in [0.15, 0.2) is 5.75 Å². The molecule has 8 nitrogen and oxygen atoms in total. The first-order valence-electron chi connectivity index (χ1n) is 14.1. The summed E-state index contributed by atoms with van der Waals surface area (Å²) < 4.78 is 5.61. The first kappa shape index (κ1) is 28.4. The van der Waals surface area contributed by atoms with Crippen LogP contribution in [0.4, 0.5) is 34.1 Å². The Morgan fingerprint density at radius 1 is 0.614 bits per heavy atom. The number of phenolic OH excluding ortho intramolecular Hbond substituents is 2. The molecular weight excluding hydrogens is 550 g/mol. The normalized spacial score (nSPS) is 11.6. The van der Waals surface area contributed by atoms with E-state index in [1.54, 1.807) is 19.2 Å². The van der Waals surface area contributed by atoms with E-state index in [1.165, 1.54) is 0 Å². The van der Waals surface area contributed by atoms with Gasteiger partial charge in [-0.15, -0.1) is 10.2 Å². The summed E-state index contributed by atoms with van der Waals surface area (Å²) in [4.78, 5) is 0. The summed E-state index contributed by atoms with van der Waals surface area (Å²) in [5.74, 6) is 0.781. The maximum absolute atomic E-state index is 11.1. The predicted octanol–water partition coefficient (Wildman–Crippen LogP) is 10.9. The van der Waals surface area contributed by atoms with Gasteiger partial charge in [0.2, 0.25) is 0 Å². The van der Waals surface area contributed by atoms with E-state index in [0.717, 1.165) is 44.2 Å². The van der Waals surface area contributed by atoms with Gasteiger partial charge in [0.1, 0.15) is 22.9 Å². The number of hydrogen-bond donors (Lipinski definition) is 3. The van der Waals surface area contributed by atoms with Gasteiger partial charge in [-0.1, -0.05) is 24.3 Å². The highest BCUT2D eigenvalue weighted by molar-refractivity contribution is 5.96. The lowest BCUT2D eigenvalue weighted by atomic mass is 10.0. The van der Waals surface area contributed by atoms with Crippen LogP contribution in [0.2, 0.25) is 0 Å². The number of rotatable bonds is 7. The predicted molar refractivity (Wildman–Crippen MR) is 177 cm³/mol. The largest absolute Gasteiger partial charge is 0.507 e. The zero-order valence-electron chi connectivity index (χ0n) is 24.8. The van der Waals surface area contributed by atoms with Crippen molar-refractivity contribution in [3.63, 3.8) is 0 Å². The fraction of sp³-hybridized carbons (Fsp3) is 0.111. The molecule has 0 unspecified atom stereocenters. The van der Waals surface area contributed by atoms with Crippen LogP contribution in [0, 0.1) is 20.8 Å². The van der Waals surface area contributed by atoms with Crippen LogP contribution in [0.15, 0.2) is 118 Å². The lowest BCUT2D eigenvalue weighted by Gasteiger charge is -2.11. The van der Waals surface area contributed by atoms with Gasteiger partial charge in [0.05, 0.1) is 18.5 Å². The molecule has 0 atom stereocenters. The first-order chi connectivity index (χ1) is 21.3. The van der Waals surface area contributed by atoms with E-state index in [2.05, 4.69) is 25.8 Å². The molecule has 0 saturated heterocycles. The molecule has 0 aromatic heterocycles. The standard InChI is InChI=1S/C36H31N5O3/c1-21-14-24-19-28(11-12-29(24)33(42)15-21)38-39-31-20-34(44-4)32(17-22(31)2)40-41-35-23(3)16-25-18-27(10-13-30(25)36(35)43)37-26-8-6-5-7-9-26/h5-20,37,42-43H,1-4H3. The molecule has 6 aromatic rings. The summed E-state index contributed by atoms with van der Waals surface area (Å²) in [6.45, 7) is 5.74. The minimum absolute atomic E-state index is 0.0648. The molecule has 0 radical (unpaired) electrons. The van der Waals surface area contributed by atoms with Crippen molar-refractivity contribution in [3.05, 3.63) is 114 Å². The molecule has 0 fully saturated rings. The molecule has 8 heteroatoms. The van der Waals surface area contributed by atoms with Crippen LogP contribution in [0.25, 0.3) is 21.5 Å². The maximum Gasteiger partial charge on any atom is 0.151 e. The SMILES string of the molecule is COc1cc(N=Nc2ccc3c(O)cc(C)cc3c2)c(C)cc1N=Nc1c(C)cc2cc(Nc3ccccc3)ccc2c1O. The lowest BCUT2D eigenvalue weighted by Crippen LogP contribution is -1.90. The zero-order chi connectivity index (χ0) is 30.8. The van der Waals surface area contributed by atoms with Gasteiger partial charge in [0, 0.05) is 28.2 Å². The Morgan fingerprint density at radius 3 is 2.16 bits per heavy atom. The van der Waals surface area contributed by atoms with Crippen LogP contribution in [0.5, 0.6) is 17.2 Å². The van der Waals surface area contributed by atoms with E-state index >= 15 is 0 Å². The third kappa shape index (κ3) is 5.78. The number of methoxy groups -OCH3 is 1. The van der Waals surface area contributed by atoms with Crippen LogP contribution in [-0.2, 0) is 0 Å². The van der Waals surface area contributed by atoms with Gasteiger partial charge in [-0.3, -0.25) is 0 Å². The second kappa shape index (κ2) is 11.9. The van der Waals surface area contributed by atoms with Gasteiger partial charge in [-0.05, 0) is 115 Å². The number of aryl methyl sites for hydroxylation is 3. The van der Waals surface area contributed by atoms with E-state index in [4.69, 9.17) is 4.74 Å². The molecule has 0 aliphatic heterocycles. The number of fused-ring (bicyclic) bond motifs is 2. The van der Waals surface area contributed by atoms with Crippen molar-refractivity contribution in [1.82, 2.24) is 0 Å². The summed E-state index contributed by atoms with van der Waals surface area (Å²) >= 11 is 0. The number of anilines is 2. The molecule has 0 spiro atoms. The van der Waals surface area contributed by atoms with Crippen molar-refractivity contribution < 1.29 is 14.9 Å². The van der Waals surface area contributed by atoms with Crippen molar-refractivity contribution >= 4 is 55.7 Å². The summed E-state index contributed by atoms with van der Waals surface area (Å²) in [6, 6.07) is 30.6. The number of azo groups is 2. The van der Waals surface area contributed by atoms with Gasteiger partial charge < -0.3 is 20.3 Å². The maximum atomic E-state index is 11.1. The van der Waals surface area contributed by atoms with Gasteiger partial charge in [0.25, 0.3) is 0 Å². The van der Waals surface area contributed by atoms with Gasteiger partial charge in [-0.25, -0.2) is 0 Å². The van der Waals surface area contributed by atoms with E-state index < -0.39 is 0 Å². The number of nitrogens with one attached hydrogen (secondary N) is 1. The van der Waals surface area contributed by atoms with Crippen LogP contribution in [-0.4, -0.2) is 17.3 Å². The molecule has 0 aliphatic carbocycles. The molecule has 44 heavy (non-hydrogen) atoms. The Hall–Kier alpha value is -5.76. The minimum Gasteiger partial charge on any atom is -0.507 e. The van der Waals surface area contributed by atoms with Crippen molar-refractivity contribution in [1.29, 1.82) is 0 Å². The summed E-state index contributed by atoms with van der Waals surface area (Å²) in [7, 11) is 1.56. The smallest absolute Gasteiger partial charge is 0.151 e. The quantitative estimate of drug-likeness (QED) is 0.163. The average molecular weight is 582 g/mol. The summed E-state index contributed by atoms with van der Waals surface area (Å²) in [5, 5.41) is 45.7. The monoisotopic (exact) mass is 581 g/mol. The lowest BCUT2D eigenvalue weighted by molar-refractivity contribution is 0.416. The second-order valence-electron chi connectivity index (χ2n) is 10.7. The third-order valence-electron chi connectivity index (χ3n) is 7.43. The Balaban J connectivity index is 1.27. The number of benzene rings is 6. The van der Waals surface area contributed by atoms with Crippen LogP contribution >= 0.6 is 0 Å². The third-order valence-corrected chi connectivity index (χ3v) is 7.43. The van der Waals surface area contributed by atoms with Crippen molar-refractivity contribution in [2.45, 2.75) is 20.8 Å². The number of para-hydroxylation sites is 1. The van der Waals surface area contributed by atoms with Crippen LogP contribution in [0.1, 0.15) is 16.7 Å². The molecule has 0 heterocycles. The van der Waals surface area contributed by atoms with Crippen LogP contribution in [0.3, 0.4) is 0 Å². The molecule has 0 bridgehead atoms. The Labute approximate surface area is 255 Å². The highest BCUT2D eigenvalue weighted by atomic mass is 16.5. The fourth-order valence-electron chi connectivity index (χ4n) is 5.18. The Morgan fingerprint density at radius 2 is 1.36 bits per heavy atom. The fourth-order valence-corrected chi connectivity index (χ4v) is 5.18. The summed E-state index contributed by atoms with van der Waals surface area (Å²) in [6.07, 6.45) is 0. The van der Waals surface area contributed by atoms with Gasteiger partial charge in [-0.2, -0.15) is 10.2 Å². The van der Waals surface area contributed by atoms with E-state index in [9.17, 15) is 10.2 Å². The molecule has 218 valence electrons.